The van der Waals surface area contributed by atoms with E-state index in [1.807, 2.05) is 0 Å². The fourth-order valence-electron chi connectivity index (χ4n) is 2.08. The number of nitrogens with two attached hydrogens (primary N) is 1. The van der Waals surface area contributed by atoms with Crippen molar-refractivity contribution < 1.29 is 0 Å². The molecular formula is C12H17N. The Bertz CT molecular complexity index is 311. The molecule has 70 valence electrons. The Hall–Kier alpha value is -0.820. The van der Waals surface area contributed by atoms with Crippen LogP contribution in [0.2, 0.25) is 0 Å². The van der Waals surface area contributed by atoms with Gasteiger partial charge < -0.3 is 5.73 Å². The lowest BCUT2D eigenvalue weighted by Crippen LogP contribution is -2.36. The Morgan fingerprint density at radius 2 is 1.92 bits per heavy atom. The lowest BCUT2D eigenvalue weighted by atomic mass is 9.85. The quantitative estimate of drug-likeness (QED) is 0.734. The molecule has 0 aromatic heterocycles. The zero-order valence-electron chi connectivity index (χ0n) is 8.38. The standard InChI is InChI=1S/C12H17N/c1-9-5-3-4-6-11(9)12(2,13)10-7-8-10/h3-6,10H,7-8,13H2,1-2H3. The molecule has 1 heteroatoms. The monoisotopic (exact) mass is 175 g/mol. The molecule has 0 aliphatic heterocycles. The molecule has 0 heterocycles. The second-order valence-electron chi connectivity index (χ2n) is 4.37. The van der Waals surface area contributed by atoms with Crippen molar-refractivity contribution in [2.45, 2.75) is 32.2 Å². The summed E-state index contributed by atoms with van der Waals surface area (Å²) in [5.41, 5.74) is 8.87. The molecule has 1 fully saturated rings. The summed E-state index contributed by atoms with van der Waals surface area (Å²) < 4.78 is 0. The highest BCUT2D eigenvalue weighted by Gasteiger charge is 2.40. The van der Waals surface area contributed by atoms with Crippen molar-refractivity contribution in [2.24, 2.45) is 11.7 Å². The van der Waals surface area contributed by atoms with Crippen molar-refractivity contribution in [3.8, 4) is 0 Å². The predicted octanol–water partition coefficient (Wildman–Crippen LogP) is 2.58. The van der Waals surface area contributed by atoms with Crippen molar-refractivity contribution in [3.05, 3.63) is 35.4 Å². The van der Waals surface area contributed by atoms with Crippen LogP contribution in [0.4, 0.5) is 0 Å². The van der Waals surface area contributed by atoms with E-state index < -0.39 is 0 Å². The number of aryl methyl sites for hydroxylation is 1. The maximum Gasteiger partial charge on any atom is 0.0412 e. The molecule has 0 bridgehead atoms. The summed E-state index contributed by atoms with van der Waals surface area (Å²) in [6.07, 6.45) is 2.59. The van der Waals surface area contributed by atoms with Gasteiger partial charge >= 0.3 is 0 Å². The van der Waals surface area contributed by atoms with Gasteiger partial charge in [-0.3, -0.25) is 0 Å². The van der Waals surface area contributed by atoms with E-state index in [2.05, 4.69) is 38.1 Å². The van der Waals surface area contributed by atoms with E-state index in [-0.39, 0.29) is 5.54 Å². The van der Waals surface area contributed by atoms with Crippen molar-refractivity contribution in [3.63, 3.8) is 0 Å². The van der Waals surface area contributed by atoms with Gasteiger partial charge in [0.2, 0.25) is 0 Å². The van der Waals surface area contributed by atoms with Gasteiger partial charge in [-0.25, -0.2) is 0 Å². The molecule has 1 saturated carbocycles. The van der Waals surface area contributed by atoms with E-state index in [1.165, 1.54) is 24.0 Å². The van der Waals surface area contributed by atoms with Crippen LogP contribution in [0.5, 0.6) is 0 Å². The summed E-state index contributed by atoms with van der Waals surface area (Å²) in [5.74, 6) is 0.702. The molecule has 2 rings (SSSR count). The third-order valence-electron chi connectivity index (χ3n) is 3.15. The fraction of sp³-hybridized carbons (Fsp3) is 0.500. The van der Waals surface area contributed by atoms with Gasteiger partial charge in [-0.2, -0.15) is 0 Å². The first-order valence-corrected chi connectivity index (χ1v) is 4.97. The average Bonchev–Trinajstić information content (AvgIpc) is 2.86. The summed E-state index contributed by atoms with van der Waals surface area (Å²) in [6, 6.07) is 8.45. The Kier molecular flexibility index (Phi) is 1.92. The Morgan fingerprint density at radius 3 is 2.46 bits per heavy atom. The number of rotatable bonds is 2. The molecule has 1 aromatic carbocycles. The highest BCUT2D eigenvalue weighted by atomic mass is 14.8. The zero-order valence-corrected chi connectivity index (χ0v) is 8.38. The summed E-state index contributed by atoms with van der Waals surface area (Å²) in [7, 11) is 0. The van der Waals surface area contributed by atoms with Crippen molar-refractivity contribution in [2.75, 3.05) is 0 Å². The van der Waals surface area contributed by atoms with Crippen molar-refractivity contribution in [1.82, 2.24) is 0 Å². The Labute approximate surface area is 80.0 Å². The molecule has 2 N–H and O–H groups in total. The molecule has 1 aliphatic rings. The summed E-state index contributed by atoms with van der Waals surface area (Å²) in [5, 5.41) is 0. The van der Waals surface area contributed by atoms with Gasteiger partial charge in [-0.1, -0.05) is 24.3 Å². The number of hydrogen-bond donors (Lipinski definition) is 1. The van der Waals surface area contributed by atoms with E-state index in [1.54, 1.807) is 0 Å². The van der Waals surface area contributed by atoms with Gasteiger partial charge in [-0.15, -0.1) is 0 Å². The molecule has 13 heavy (non-hydrogen) atoms. The Balaban J connectivity index is 2.38. The Morgan fingerprint density at radius 1 is 1.31 bits per heavy atom. The fourth-order valence-corrected chi connectivity index (χ4v) is 2.08. The van der Waals surface area contributed by atoms with Gasteiger partial charge in [0.1, 0.15) is 0 Å². The van der Waals surface area contributed by atoms with Crippen LogP contribution < -0.4 is 5.73 Å². The largest absolute Gasteiger partial charge is 0.321 e. The van der Waals surface area contributed by atoms with Gasteiger partial charge in [0.15, 0.2) is 0 Å². The van der Waals surface area contributed by atoms with E-state index in [0.29, 0.717) is 5.92 Å². The molecule has 1 nitrogen and oxygen atoms in total. The molecule has 0 radical (unpaired) electrons. The van der Waals surface area contributed by atoms with E-state index in [9.17, 15) is 0 Å². The summed E-state index contributed by atoms with van der Waals surface area (Å²) >= 11 is 0. The zero-order chi connectivity index (χ0) is 9.47. The normalized spacial score (nSPS) is 21.2. The lowest BCUT2D eigenvalue weighted by Gasteiger charge is -2.26. The van der Waals surface area contributed by atoms with Gasteiger partial charge in [-0.05, 0) is 43.7 Å². The lowest BCUT2D eigenvalue weighted by molar-refractivity contribution is 0.425. The summed E-state index contributed by atoms with van der Waals surface area (Å²) in [6.45, 7) is 4.30. The third-order valence-corrected chi connectivity index (χ3v) is 3.15. The SMILES string of the molecule is Cc1ccccc1C(C)(N)C1CC1. The number of hydrogen-bond acceptors (Lipinski definition) is 1. The highest BCUT2D eigenvalue weighted by molar-refractivity contribution is 5.33. The van der Waals surface area contributed by atoms with Crippen LogP contribution in [0.1, 0.15) is 30.9 Å². The minimum absolute atomic E-state index is 0.106. The molecule has 0 saturated heterocycles. The molecule has 1 aromatic rings. The summed E-state index contributed by atoms with van der Waals surface area (Å²) in [4.78, 5) is 0. The van der Waals surface area contributed by atoms with Crippen LogP contribution in [0.25, 0.3) is 0 Å². The topological polar surface area (TPSA) is 26.0 Å². The van der Waals surface area contributed by atoms with E-state index >= 15 is 0 Å². The van der Waals surface area contributed by atoms with Crippen LogP contribution in [-0.2, 0) is 5.54 Å². The van der Waals surface area contributed by atoms with Crippen LogP contribution >= 0.6 is 0 Å². The third kappa shape index (κ3) is 1.49. The van der Waals surface area contributed by atoms with Crippen LogP contribution in [0.15, 0.2) is 24.3 Å². The molecule has 0 spiro atoms. The predicted molar refractivity (Wildman–Crippen MR) is 55.4 cm³/mol. The minimum Gasteiger partial charge on any atom is -0.321 e. The van der Waals surface area contributed by atoms with Crippen LogP contribution in [0, 0.1) is 12.8 Å². The first-order chi connectivity index (χ1) is 6.12. The van der Waals surface area contributed by atoms with E-state index in [4.69, 9.17) is 5.73 Å². The molecule has 1 atom stereocenters. The molecule has 1 unspecified atom stereocenters. The maximum atomic E-state index is 6.34. The molecule has 1 aliphatic carbocycles. The highest BCUT2D eigenvalue weighted by Crippen LogP contribution is 2.44. The van der Waals surface area contributed by atoms with E-state index in [0.717, 1.165) is 0 Å². The smallest absolute Gasteiger partial charge is 0.0412 e. The van der Waals surface area contributed by atoms with Crippen molar-refractivity contribution >= 4 is 0 Å². The maximum absolute atomic E-state index is 6.34. The number of benzene rings is 1. The first kappa shape index (κ1) is 8.76. The van der Waals surface area contributed by atoms with Crippen molar-refractivity contribution in [1.29, 1.82) is 0 Å². The molecule has 0 amide bonds. The molecular weight excluding hydrogens is 158 g/mol. The second kappa shape index (κ2) is 2.85. The average molecular weight is 175 g/mol. The van der Waals surface area contributed by atoms with Crippen LogP contribution in [-0.4, -0.2) is 0 Å². The van der Waals surface area contributed by atoms with Gasteiger partial charge in [0.05, 0.1) is 0 Å². The second-order valence-corrected chi connectivity index (χ2v) is 4.37. The van der Waals surface area contributed by atoms with Crippen LogP contribution in [0.3, 0.4) is 0 Å². The first-order valence-electron chi connectivity index (χ1n) is 4.97. The van der Waals surface area contributed by atoms with Gasteiger partial charge in [0, 0.05) is 5.54 Å². The van der Waals surface area contributed by atoms with Gasteiger partial charge in [0.25, 0.3) is 0 Å². The minimum atomic E-state index is -0.106.